The van der Waals surface area contributed by atoms with Gasteiger partial charge in [-0.2, -0.15) is 0 Å². The molecule has 0 aromatic heterocycles. The Hall–Kier alpha value is -0.570. The van der Waals surface area contributed by atoms with E-state index in [0.29, 0.717) is 17.2 Å². The third-order valence-corrected chi connectivity index (χ3v) is 4.69. The van der Waals surface area contributed by atoms with Crippen LogP contribution in [0.3, 0.4) is 0 Å². The maximum Gasteiger partial charge on any atom is 0.241 e. The second kappa shape index (κ2) is 5.82. The molecule has 2 aliphatic rings. The first-order valence-corrected chi connectivity index (χ1v) is 8.08. The van der Waals surface area contributed by atoms with Gasteiger partial charge in [-0.15, -0.1) is 0 Å². The zero-order valence-electron chi connectivity index (χ0n) is 13.0. The number of nitrogens with zero attached hydrogens (tertiary/aromatic N) is 1. The van der Waals surface area contributed by atoms with E-state index in [4.69, 9.17) is 0 Å². The van der Waals surface area contributed by atoms with Crippen LogP contribution in [-0.2, 0) is 4.79 Å². The van der Waals surface area contributed by atoms with E-state index in [0.717, 1.165) is 19.4 Å². The molecule has 0 aromatic carbocycles. The second-order valence-corrected chi connectivity index (χ2v) is 6.99. The molecule has 1 N–H and O–H groups in total. The molecule has 0 aromatic rings. The van der Waals surface area contributed by atoms with E-state index in [1.54, 1.807) is 0 Å². The summed E-state index contributed by atoms with van der Waals surface area (Å²) in [6.07, 6.45) is 7.40. The SMILES string of the molecule is CCCC1(CN2C(=O)C(CC(C)C)NC2CC)CC1. The van der Waals surface area contributed by atoms with Gasteiger partial charge in [0.2, 0.25) is 5.91 Å². The lowest BCUT2D eigenvalue weighted by atomic mass is 9.99. The van der Waals surface area contributed by atoms with Gasteiger partial charge >= 0.3 is 0 Å². The summed E-state index contributed by atoms with van der Waals surface area (Å²) >= 11 is 0. The van der Waals surface area contributed by atoms with E-state index < -0.39 is 0 Å². The van der Waals surface area contributed by atoms with E-state index >= 15 is 0 Å². The normalized spacial score (nSPS) is 29.3. The van der Waals surface area contributed by atoms with Gasteiger partial charge in [-0.25, -0.2) is 0 Å². The van der Waals surface area contributed by atoms with Crippen LogP contribution in [0.2, 0.25) is 0 Å². The van der Waals surface area contributed by atoms with Gasteiger partial charge in [0.1, 0.15) is 0 Å². The van der Waals surface area contributed by atoms with Gasteiger partial charge in [0, 0.05) is 6.54 Å². The molecule has 19 heavy (non-hydrogen) atoms. The molecule has 2 atom stereocenters. The van der Waals surface area contributed by atoms with Crippen molar-refractivity contribution in [2.45, 2.75) is 78.4 Å². The van der Waals surface area contributed by atoms with Crippen LogP contribution in [0.25, 0.3) is 0 Å². The molecule has 3 heteroatoms. The van der Waals surface area contributed by atoms with Crippen LogP contribution in [0.5, 0.6) is 0 Å². The van der Waals surface area contributed by atoms with E-state index in [9.17, 15) is 4.79 Å². The highest BCUT2D eigenvalue weighted by Gasteiger charge is 2.47. The van der Waals surface area contributed by atoms with Crippen molar-refractivity contribution >= 4 is 5.91 Å². The molecule has 2 fully saturated rings. The van der Waals surface area contributed by atoms with Crippen molar-refractivity contribution in [2.24, 2.45) is 11.3 Å². The smallest absolute Gasteiger partial charge is 0.241 e. The molecule has 1 aliphatic carbocycles. The van der Waals surface area contributed by atoms with E-state index in [1.807, 2.05) is 0 Å². The maximum atomic E-state index is 12.6. The summed E-state index contributed by atoms with van der Waals surface area (Å²) in [5, 5.41) is 3.54. The Kier molecular flexibility index (Phi) is 4.54. The Bertz CT molecular complexity index is 323. The first-order valence-electron chi connectivity index (χ1n) is 8.08. The lowest BCUT2D eigenvalue weighted by Gasteiger charge is -2.28. The number of rotatable bonds is 7. The van der Waals surface area contributed by atoms with Crippen molar-refractivity contribution in [3.63, 3.8) is 0 Å². The second-order valence-electron chi connectivity index (χ2n) is 6.99. The molecular weight excluding hydrogens is 236 g/mol. The lowest BCUT2D eigenvalue weighted by Crippen LogP contribution is -2.40. The highest BCUT2D eigenvalue weighted by atomic mass is 16.2. The van der Waals surface area contributed by atoms with Crippen LogP contribution in [-0.4, -0.2) is 29.6 Å². The fourth-order valence-corrected chi connectivity index (χ4v) is 3.47. The fraction of sp³-hybridized carbons (Fsp3) is 0.938. The zero-order valence-corrected chi connectivity index (χ0v) is 13.0. The van der Waals surface area contributed by atoms with Crippen LogP contribution in [0.15, 0.2) is 0 Å². The maximum absolute atomic E-state index is 12.6. The molecule has 2 unspecified atom stereocenters. The Balaban J connectivity index is 2.00. The van der Waals surface area contributed by atoms with Crippen LogP contribution < -0.4 is 5.32 Å². The van der Waals surface area contributed by atoms with Crippen LogP contribution in [0.1, 0.15) is 66.2 Å². The van der Waals surface area contributed by atoms with Gasteiger partial charge < -0.3 is 4.90 Å². The van der Waals surface area contributed by atoms with Crippen molar-refractivity contribution in [3.8, 4) is 0 Å². The summed E-state index contributed by atoms with van der Waals surface area (Å²) in [7, 11) is 0. The predicted molar refractivity (Wildman–Crippen MR) is 78.7 cm³/mol. The lowest BCUT2D eigenvalue weighted by molar-refractivity contribution is -0.131. The average molecular weight is 266 g/mol. The van der Waals surface area contributed by atoms with Crippen molar-refractivity contribution in [1.29, 1.82) is 0 Å². The molecule has 1 saturated heterocycles. The molecular formula is C16H30N2O. The number of hydrogen-bond donors (Lipinski definition) is 1. The van der Waals surface area contributed by atoms with E-state index in [2.05, 4.69) is 37.9 Å². The summed E-state index contributed by atoms with van der Waals surface area (Å²) in [5.41, 5.74) is 0.465. The van der Waals surface area contributed by atoms with Gasteiger partial charge in [-0.05, 0) is 43.4 Å². The third kappa shape index (κ3) is 3.31. The molecule has 1 saturated carbocycles. The van der Waals surface area contributed by atoms with Crippen molar-refractivity contribution in [3.05, 3.63) is 0 Å². The first kappa shape index (κ1) is 14.8. The van der Waals surface area contributed by atoms with E-state index in [1.165, 1.54) is 25.7 Å². The number of carbonyl (C=O) groups excluding carboxylic acids is 1. The number of amides is 1. The van der Waals surface area contributed by atoms with Gasteiger partial charge in [0.15, 0.2) is 0 Å². The van der Waals surface area contributed by atoms with E-state index in [-0.39, 0.29) is 12.2 Å². The van der Waals surface area contributed by atoms with Crippen LogP contribution in [0, 0.1) is 11.3 Å². The molecule has 3 nitrogen and oxygen atoms in total. The quantitative estimate of drug-likeness (QED) is 0.767. The molecule has 0 radical (unpaired) electrons. The van der Waals surface area contributed by atoms with Crippen LogP contribution >= 0.6 is 0 Å². The third-order valence-electron chi connectivity index (χ3n) is 4.69. The Morgan fingerprint density at radius 3 is 2.53 bits per heavy atom. The van der Waals surface area contributed by atoms with Gasteiger partial charge in [-0.1, -0.05) is 34.1 Å². The Morgan fingerprint density at radius 2 is 2.05 bits per heavy atom. The number of carbonyl (C=O) groups is 1. The summed E-state index contributed by atoms with van der Waals surface area (Å²) in [4.78, 5) is 14.7. The molecule has 1 heterocycles. The largest absolute Gasteiger partial charge is 0.325 e. The number of hydrogen-bond acceptors (Lipinski definition) is 2. The average Bonchev–Trinajstić information content (AvgIpc) is 3.05. The predicted octanol–water partition coefficient (Wildman–Crippen LogP) is 3.15. The summed E-state index contributed by atoms with van der Waals surface area (Å²) in [5.74, 6) is 0.923. The molecule has 2 rings (SSSR count). The van der Waals surface area contributed by atoms with Gasteiger partial charge in [-0.3, -0.25) is 10.1 Å². The first-order chi connectivity index (χ1) is 9.01. The minimum Gasteiger partial charge on any atom is -0.325 e. The summed E-state index contributed by atoms with van der Waals surface area (Å²) < 4.78 is 0. The minimum atomic E-state index is 0.0578. The Morgan fingerprint density at radius 1 is 1.37 bits per heavy atom. The van der Waals surface area contributed by atoms with Crippen molar-refractivity contribution < 1.29 is 4.79 Å². The van der Waals surface area contributed by atoms with Crippen molar-refractivity contribution in [2.75, 3.05) is 6.54 Å². The zero-order chi connectivity index (χ0) is 14.0. The minimum absolute atomic E-state index is 0.0578. The molecule has 110 valence electrons. The molecule has 0 bridgehead atoms. The molecule has 1 amide bonds. The topological polar surface area (TPSA) is 32.3 Å². The number of nitrogens with one attached hydrogen (secondary N) is 1. The summed E-state index contributed by atoms with van der Waals surface area (Å²) in [6.45, 7) is 9.80. The van der Waals surface area contributed by atoms with Crippen molar-refractivity contribution in [1.82, 2.24) is 10.2 Å². The standard InChI is InChI=1S/C16H30N2O/c1-5-7-16(8-9-16)11-18-14(6-2)17-13(15(18)19)10-12(3)4/h12-14,17H,5-11H2,1-4H3. The Labute approximate surface area is 118 Å². The highest BCUT2D eigenvalue weighted by Crippen LogP contribution is 2.50. The fourth-order valence-electron chi connectivity index (χ4n) is 3.47. The van der Waals surface area contributed by atoms with Gasteiger partial charge in [0.25, 0.3) is 0 Å². The molecule has 0 spiro atoms. The summed E-state index contributed by atoms with van der Waals surface area (Å²) in [6, 6.07) is 0.0578. The monoisotopic (exact) mass is 266 g/mol. The van der Waals surface area contributed by atoms with Crippen LogP contribution in [0.4, 0.5) is 0 Å². The highest BCUT2D eigenvalue weighted by molar-refractivity contribution is 5.84. The molecule has 1 aliphatic heterocycles. The van der Waals surface area contributed by atoms with Gasteiger partial charge in [0.05, 0.1) is 12.2 Å².